The summed E-state index contributed by atoms with van der Waals surface area (Å²) in [5, 5.41) is 17.7. The predicted molar refractivity (Wildman–Crippen MR) is 281 cm³/mol. The molecule has 0 aliphatic heterocycles. The summed E-state index contributed by atoms with van der Waals surface area (Å²) in [4.78, 5) is 10.2. The minimum Gasteiger partial charge on any atom is -0.377 e. The maximum Gasteiger partial charge on any atom is 0.0940 e. The van der Waals surface area contributed by atoms with E-state index >= 15 is 0 Å². The first kappa shape index (κ1) is 46.6. The normalized spacial score (nSPS) is 12.2. The summed E-state index contributed by atoms with van der Waals surface area (Å²) < 4.78 is 0. The van der Waals surface area contributed by atoms with E-state index in [1.807, 2.05) is 12.1 Å². The first-order valence-electron chi connectivity index (χ1n) is 23.1. The van der Waals surface area contributed by atoms with Crippen molar-refractivity contribution in [2.75, 3.05) is 21.3 Å². The minimum atomic E-state index is 0.0799. The van der Waals surface area contributed by atoms with Gasteiger partial charge in [0, 0.05) is 38.5 Å². The van der Waals surface area contributed by atoms with Gasteiger partial charge in [-0.25, -0.2) is 9.97 Å². The van der Waals surface area contributed by atoms with Crippen LogP contribution in [0.2, 0.25) is 5.02 Å². The molecular weight excluding hydrogens is 816 g/mol. The molecular formula is C58H65ClN6. The van der Waals surface area contributed by atoms with Crippen LogP contribution >= 0.6 is 11.6 Å². The molecule has 0 aliphatic rings. The summed E-state index contributed by atoms with van der Waals surface area (Å²) in [5.41, 5.74) is 19.4. The second kappa shape index (κ2) is 20.6. The lowest BCUT2D eigenvalue weighted by Gasteiger charge is -2.26. The Kier molecular flexibility index (Phi) is 14.8. The molecule has 0 radical (unpaired) electrons. The third-order valence-corrected chi connectivity index (χ3v) is 12.5. The third-order valence-electron chi connectivity index (χ3n) is 12.3. The molecule has 8 aromatic rings. The van der Waals surface area contributed by atoms with Crippen LogP contribution < -0.4 is 21.3 Å². The van der Waals surface area contributed by atoms with Crippen molar-refractivity contribution in [3.63, 3.8) is 0 Å². The number of fused-ring (bicyclic) bond motifs is 2. The van der Waals surface area contributed by atoms with Crippen molar-refractivity contribution in [2.24, 2.45) is 0 Å². The van der Waals surface area contributed by atoms with E-state index in [4.69, 9.17) is 21.6 Å². The summed E-state index contributed by atoms with van der Waals surface area (Å²) in [6.07, 6.45) is 0.954. The van der Waals surface area contributed by atoms with Crippen LogP contribution in [0, 0.1) is 34.6 Å². The number of benzene rings is 6. The third kappa shape index (κ3) is 10.9. The molecule has 0 saturated heterocycles. The molecule has 0 saturated carbocycles. The first-order valence-corrected chi connectivity index (χ1v) is 23.5. The van der Waals surface area contributed by atoms with Crippen molar-refractivity contribution < 1.29 is 0 Å². The van der Waals surface area contributed by atoms with E-state index in [1.54, 1.807) is 0 Å². The number of hydrogen-bond acceptors (Lipinski definition) is 6. The Morgan fingerprint density at radius 2 is 1.00 bits per heavy atom. The second-order valence-corrected chi connectivity index (χ2v) is 18.6. The van der Waals surface area contributed by atoms with Gasteiger partial charge in [-0.1, -0.05) is 137 Å². The Bertz CT molecular complexity index is 2850. The molecule has 8 rings (SSSR count). The number of anilines is 6. The Morgan fingerprint density at radius 1 is 0.492 bits per heavy atom. The molecule has 4 N–H and O–H groups in total. The van der Waals surface area contributed by atoms with Gasteiger partial charge < -0.3 is 21.3 Å². The Morgan fingerprint density at radius 3 is 1.55 bits per heavy atom. The molecule has 6 nitrogen and oxygen atoms in total. The first-order chi connectivity index (χ1) is 31.2. The average molecular weight is 882 g/mol. The highest BCUT2D eigenvalue weighted by molar-refractivity contribution is 6.30. The summed E-state index contributed by atoms with van der Waals surface area (Å²) >= 11 is 6.22. The molecule has 6 aromatic carbocycles. The topological polar surface area (TPSA) is 73.9 Å². The van der Waals surface area contributed by atoms with Crippen molar-refractivity contribution in [3.8, 4) is 0 Å². The number of nitrogens with one attached hydrogen (secondary N) is 4. The van der Waals surface area contributed by atoms with Crippen molar-refractivity contribution in [3.05, 3.63) is 189 Å². The molecule has 2 aromatic heterocycles. The Hall–Kier alpha value is -6.37. The molecule has 2 unspecified atom stereocenters. The number of rotatable bonds is 13. The highest BCUT2D eigenvalue weighted by Gasteiger charge is 2.20. The second-order valence-electron chi connectivity index (χ2n) is 18.1. The predicted octanol–water partition coefficient (Wildman–Crippen LogP) is 17.1. The number of nitrogens with zero attached hydrogens (tertiary/aromatic N) is 2. The van der Waals surface area contributed by atoms with Crippen molar-refractivity contribution >= 4 is 67.5 Å². The highest BCUT2D eigenvalue weighted by Crippen LogP contribution is 2.37. The zero-order valence-electron chi connectivity index (χ0n) is 40.0. The lowest BCUT2D eigenvalue weighted by molar-refractivity contribution is 0.716. The van der Waals surface area contributed by atoms with Crippen LogP contribution in [0.1, 0.15) is 122 Å². The number of pyridine rings is 2. The van der Waals surface area contributed by atoms with Gasteiger partial charge in [-0.05, 0) is 142 Å². The van der Waals surface area contributed by atoms with Gasteiger partial charge in [0.05, 0.1) is 45.9 Å². The van der Waals surface area contributed by atoms with Gasteiger partial charge in [0.1, 0.15) is 0 Å². The standard InChI is InChI=1S/C31H37N3.C27H28ClN3/c1-7-27(33-31-25(20(2)3)11-9-12-26(31)21(4)5)28-19-16-23-10-8-13-29(30(23)34-28)32-24-17-14-22(6)15-18-24;1-16-8-6-9-17(2)25(16)29-20(5)23-13-12-21-10-7-11-24(27(21)30-23)31-26-18(3)14-22(28)15-19(26)4/h8-21,27,32-33H,7H2,1-6H3;6-15,20,29,31H,1-5H3. The summed E-state index contributed by atoms with van der Waals surface area (Å²) in [6, 6.07) is 46.9. The van der Waals surface area contributed by atoms with Crippen LogP contribution in [0.25, 0.3) is 21.8 Å². The molecule has 0 bridgehead atoms. The van der Waals surface area contributed by atoms with Crippen LogP contribution in [0.4, 0.5) is 34.1 Å². The lowest BCUT2D eigenvalue weighted by atomic mass is 9.92. The summed E-state index contributed by atoms with van der Waals surface area (Å²) in [6.45, 7) is 24.0. The molecule has 7 heteroatoms. The van der Waals surface area contributed by atoms with Crippen LogP contribution in [0.15, 0.2) is 133 Å². The van der Waals surface area contributed by atoms with Crippen LogP contribution in [-0.4, -0.2) is 9.97 Å². The number of halogens is 1. The van der Waals surface area contributed by atoms with Crippen molar-refractivity contribution in [2.45, 2.75) is 107 Å². The fourth-order valence-electron chi connectivity index (χ4n) is 8.61. The summed E-state index contributed by atoms with van der Waals surface area (Å²) in [7, 11) is 0. The van der Waals surface area contributed by atoms with Gasteiger partial charge in [0.25, 0.3) is 0 Å². The van der Waals surface area contributed by atoms with Crippen molar-refractivity contribution in [1.29, 1.82) is 0 Å². The van der Waals surface area contributed by atoms with Crippen LogP contribution in [0.5, 0.6) is 0 Å². The number of aromatic nitrogens is 2. The average Bonchev–Trinajstić information content (AvgIpc) is 3.28. The fraction of sp³-hybridized carbons (Fsp3) is 0.276. The monoisotopic (exact) mass is 880 g/mol. The largest absolute Gasteiger partial charge is 0.377 e. The Labute approximate surface area is 392 Å². The molecule has 2 atom stereocenters. The van der Waals surface area contributed by atoms with Crippen LogP contribution in [-0.2, 0) is 0 Å². The van der Waals surface area contributed by atoms with Gasteiger partial charge >= 0.3 is 0 Å². The summed E-state index contributed by atoms with van der Waals surface area (Å²) in [5.74, 6) is 0.905. The molecule has 0 amide bonds. The number of para-hydroxylation sites is 4. The van der Waals surface area contributed by atoms with E-state index in [0.717, 1.165) is 78.5 Å². The van der Waals surface area contributed by atoms with Gasteiger partial charge in [0.2, 0.25) is 0 Å². The maximum absolute atomic E-state index is 6.22. The van der Waals surface area contributed by atoms with Gasteiger partial charge in [-0.3, -0.25) is 0 Å². The fourth-order valence-corrected chi connectivity index (χ4v) is 8.93. The zero-order chi connectivity index (χ0) is 46.4. The van der Waals surface area contributed by atoms with Gasteiger partial charge in [-0.15, -0.1) is 0 Å². The molecule has 0 aliphatic carbocycles. The molecule has 2 heterocycles. The minimum absolute atomic E-state index is 0.0799. The van der Waals surface area contributed by atoms with Crippen LogP contribution in [0.3, 0.4) is 0 Å². The molecule has 65 heavy (non-hydrogen) atoms. The van der Waals surface area contributed by atoms with E-state index in [2.05, 4.69) is 219 Å². The van der Waals surface area contributed by atoms with E-state index in [0.29, 0.717) is 11.8 Å². The maximum atomic E-state index is 6.22. The molecule has 0 fully saturated rings. The number of hydrogen-bond donors (Lipinski definition) is 4. The highest BCUT2D eigenvalue weighted by atomic mass is 35.5. The van der Waals surface area contributed by atoms with E-state index in [1.165, 1.54) is 39.2 Å². The lowest BCUT2D eigenvalue weighted by Crippen LogP contribution is -2.15. The Balaban J connectivity index is 0.000000195. The van der Waals surface area contributed by atoms with E-state index < -0.39 is 0 Å². The molecule has 0 spiro atoms. The zero-order valence-corrected chi connectivity index (χ0v) is 40.7. The van der Waals surface area contributed by atoms with Crippen molar-refractivity contribution in [1.82, 2.24) is 9.97 Å². The molecule has 334 valence electrons. The quantitative estimate of drug-likeness (QED) is 0.0925. The smallest absolute Gasteiger partial charge is 0.0940 e. The van der Waals surface area contributed by atoms with Gasteiger partial charge in [0.15, 0.2) is 0 Å². The van der Waals surface area contributed by atoms with Gasteiger partial charge in [-0.2, -0.15) is 0 Å². The SMILES string of the molecule is CCC(Nc1c(C(C)C)cccc1C(C)C)c1ccc2cccc(Nc3ccc(C)cc3)c2n1.Cc1cc(Cl)cc(C)c1Nc1cccc2ccc(C(C)Nc3c(C)cccc3C)nc12. The number of aryl methyl sites for hydroxylation is 5. The van der Waals surface area contributed by atoms with E-state index in [9.17, 15) is 0 Å². The van der Waals surface area contributed by atoms with E-state index in [-0.39, 0.29) is 12.1 Å².